The van der Waals surface area contributed by atoms with Crippen LogP contribution in [-0.2, 0) is 0 Å². The average molecular weight is 991 g/mol. The summed E-state index contributed by atoms with van der Waals surface area (Å²) in [5.74, 6) is -12.4. The zero-order chi connectivity index (χ0) is 75.3. The second-order valence-corrected chi connectivity index (χ2v) is 18.5. The van der Waals surface area contributed by atoms with Crippen LogP contribution in [0.15, 0.2) is 23.6 Å². The number of nitrogens with zero attached hydrogens (tertiary/aromatic N) is 6. The van der Waals surface area contributed by atoms with E-state index in [-0.39, 0.29) is 40.3 Å². The minimum absolute atomic E-state index is 0.0703. The molecule has 0 aliphatic heterocycles. The van der Waals surface area contributed by atoms with Crippen LogP contribution >= 0.6 is 0 Å². The first-order valence-corrected chi connectivity index (χ1v) is 21.1. The molecule has 3 aromatic rings. The van der Waals surface area contributed by atoms with Crippen molar-refractivity contribution in [1.29, 1.82) is 0 Å². The van der Waals surface area contributed by atoms with E-state index in [1.54, 1.807) is 20.8 Å². The maximum Gasteiger partial charge on any atom is 0.254 e. The lowest BCUT2D eigenvalue weighted by molar-refractivity contribution is 0.0704. The molecule has 21 nitrogen and oxygen atoms in total. The summed E-state index contributed by atoms with van der Waals surface area (Å²) in [6.45, 7) is 6.24. The van der Waals surface area contributed by atoms with Crippen molar-refractivity contribution in [2.24, 2.45) is 39.9 Å². The summed E-state index contributed by atoms with van der Waals surface area (Å²) in [6, 6.07) is -6.38. The number of carbonyl (C=O) groups excluding carboxylic acids is 3. The Morgan fingerprint density at radius 1 is 0.710 bits per heavy atom. The van der Waals surface area contributed by atoms with Gasteiger partial charge in [0.1, 0.15) is 17.1 Å². The molecule has 0 aromatic carbocycles. The SMILES string of the molecule is [2H]C([2H])([2H])C1([2H])C([2H])([2H])C([2H])([2H])C([2H])(Nc2nc(NC(C)(C)C)ncc2C(N)=O)C([2H])([2H])C1([2H])O.[2H]C([2H])([2H])C1C([2H])([2H])CC(Nc2nc(NC(C)(C)C)ncc2C(N)=O)C([2H])([2H])C1([2H])O.[2H]c1nc(NC(C)(C)C)[nH]c(=NC2CC([2H])([2H])C(C([2H])([2H])[2H])C([2H])(O)C2)c1C(N)=O. The molecule has 3 aliphatic rings. The van der Waals surface area contributed by atoms with Gasteiger partial charge in [0.25, 0.3) is 17.7 Å². The standard InChI is InChI=1S/3C16H27N5O2/c3*1-9-5-6-10(7-12(9)22)19-14-11(13(17)23)8-18-15(20-14)21-16(2,3)4/h3*8-10,12,22H,5-7H2,1-4H3,(H2,17,23)(H2,18,19,20,21)/i1D3,5D2,6D2,7D2,9D,10D,12D;1D3,5D2,8D,12D;1D3,5D2,7D2,12D. The second-order valence-electron chi connectivity index (χ2n) is 18.5. The number of hydrogen-bond acceptors (Lipinski definition) is 17. The molecular weight excluding hydrogens is 883 g/mol. The molecule has 3 aliphatic carbocycles. The molecule has 9 unspecified atom stereocenters. The number of primary amides is 3. The Balaban J connectivity index is 0.000000307. The second kappa shape index (κ2) is 23.8. The van der Waals surface area contributed by atoms with Gasteiger partial charge in [0.05, 0.1) is 47.8 Å². The minimum atomic E-state index is -4.22. The van der Waals surface area contributed by atoms with Crippen molar-refractivity contribution in [2.45, 2.75) is 193 Å². The number of aromatic nitrogens is 6. The molecule has 69 heavy (non-hydrogen) atoms. The van der Waals surface area contributed by atoms with Crippen LogP contribution in [0.3, 0.4) is 0 Å². The predicted molar refractivity (Wildman–Crippen MR) is 270 cm³/mol. The van der Waals surface area contributed by atoms with Gasteiger partial charge < -0.3 is 64.1 Å². The first kappa shape index (κ1) is 28.2. The van der Waals surface area contributed by atoms with E-state index in [1.807, 2.05) is 46.9 Å². The Labute approximate surface area is 444 Å². The van der Waals surface area contributed by atoms with Gasteiger partial charge in [-0.2, -0.15) is 9.97 Å². The molecule has 3 aromatic heterocycles. The number of nitrogens with one attached hydrogen (secondary N) is 6. The number of nitrogens with two attached hydrogens (primary N) is 3. The van der Waals surface area contributed by atoms with Gasteiger partial charge in [-0.3, -0.25) is 19.4 Å². The van der Waals surface area contributed by atoms with Crippen LogP contribution in [0.4, 0.5) is 29.5 Å². The van der Waals surface area contributed by atoms with Crippen LogP contribution in [0.5, 0.6) is 0 Å². The smallest absolute Gasteiger partial charge is 0.254 e. The fraction of sp³-hybridized carbons (Fsp3) is 0.688. The van der Waals surface area contributed by atoms with Crippen molar-refractivity contribution in [2.75, 3.05) is 26.6 Å². The maximum absolute atomic E-state index is 11.9. The zero-order valence-electron chi connectivity index (χ0n) is 66.6. The van der Waals surface area contributed by atoms with Crippen molar-refractivity contribution in [3.05, 3.63) is 40.7 Å². The quantitative estimate of drug-likeness (QED) is 0.124. The molecule has 0 spiro atoms. The predicted octanol–water partition coefficient (Wildman–Crippen LogP) is 4.66. The summed E-state index contributed by atoms with van der Waals surface area (Å²) in [5.41, 5.74) is 13.2. The topological polar surface area (TPSA) is 343 Å². The highest BCUT2D eigenvalue weighted by Gasteiger charge is 2.30. The van der Waals surface area contributed by atoms with Gasteiger partial charge in [0, 0.05) is 77.4 Å². The highest BCUT2D eigenvalue weighted by atomic mass is 16.3. The summed E-state index contributed by atoms with van der Waals surface area (Å²) in [7, 11) is 0. The van der Waals surface area contributed by atoms with Crippen LogP contribution in [0, 0.1) is 17.7 Å². The van der Waals surface area contributed by atoms with Gasteiger partial charge >= 0.3 is 0 Å². The van der Waals surface area contributed by atoms with Gasteiger partial charge in [-0.15, -0.1) is 0 Å². The number of H-pyrrole nitrogens is 1. The van der Waals surface area contributed by atoms with E-state index in [0.29, 0.717) is 0 Å². The molecule has 3 fully saturated rings. The lowest BCUT2D eigenvalue weighted by Crippen LogP contribution is -2.36. The Morgan fingerprint density at radius 2 is 1.25 bits per heavy atom. The molecule has 9 atom stereocenters. The summed E-state index contributed by atoms with van der Waals surface area (Å²) in [4.78, 5) is 62.4. The lowest BCUT2D eigenvalue weighted by Gasteiger charge is -2.32. The molecule has 3 heterocycles. The fourth-order valence-electron chi connectivity index (χ4n) is 5.72. The van der Waals surface area contributed by atoms with Crippen molar-refractivity contribution in [3.63, 3.8) is 0 Å². The number of amides is 3. The molecule has 21 heteroatoms. The highest BCUT2D eigenvalue weighted by Crippen LogP contribution is 2.30. The third-order valence-corrected chi connectivity index (χ3v) is 8.69. The minimum Gasteiger partial charge on any atom is -0.393 e. The lowest BCUT2D eigenvalue weighted by atomic mass is 9.85. The number of hydrogen-bond donors (Lipinski definition) is 12. The van der Waals surface area contributed by atoms with E-state index in [0.717, 1.165) is 12.4 Å². The van der Waals surface area contributed by atoms with Gasteiger partial charge in [-0.25, -0.2) is 15.0 Å². The molecule has 384 valence electrons. The first-order valence-electron chi connectivity index (χ1n) is 34.6. The third kappa shape index (κ3) is 18.3. The molecule has 15 N–H and O–H groups in total. The van der Waals surface area contributed by atoms with E-state index in [1.165, 1.54) is 0 Å². The van der Waals surface area contributed by atoms with E-state index in [2.05, 4.69) is 56.2 Å². The number of carbonyl (C=O) groups is 3. The average Bonchev–Trinajstić information content (AvgIpc) is 0.655. The number of anilines is 5. The molecule has 0 bridgehead atoms. The first-order chi connectivity index (χ1) is 42.3. The highest BCUT2D eigenvalue weighted by molar-refractivity contribution is 5.98. The fourth-order valence-corrected chi connectivity index (χ4v) is 5.72. The number of aromatic amines is 1. The van der Waals surface area contributed by atoms with E-state index in [4.69, 9.17) is 54.2 Å². The van der Waals surface area contributed by atoms with Crippen molar-refractivity contribution in [3.8, 4) is 0 Å². The Hall–Kier alpha value is -5.67. The molecule has 0 saturated heterocycles. The Kier molecular flexibility index (Phi) is 9.73. The molecule has 6 rings (SSSR count). The monoisotopic (exact) mass is 991 g/mol. The van der Waals surface area contributed by atoms with Gasteiger partial charge in [-0.05, 0) is 138 Å². The van der Waals surface area contributed by atoms with E-state index < -0.39 is 184 Å². The van der Waals surface area contributed by atoms with E-state index >= 15 is 0 Å². The van der Waals surface area contributed by atoms with Gasteiger partial charge in [-0.1, -0.05) is 20.6 Å². The van der Waals surface area contributed by atoms with Crippen LogP contribution in [0.2, 0.25) is 0 Å². The Morgan fingerprint density at radius 3 is 1.75 bits per heavy atom. The normalized spacial score (nSPS) is 41.4. The van der Waals surface area contributed by atoms with Crippen molar-refractivity contribution >= 4 is 47.2 Å². The zero-order valence-corrected chi connectivity index (χ0v) is 39.6. The van der Waals surface area contributed by atoms with E-state index in [9.17, 15) is 29.7 Å². The molecule has 0 radical (unpaired) electrons. The van der Waals surface area contributed by atoms with Crippen molar-refractivity contribution in [1.82, 2.24) is 29.9 Å². The number of rotatable bonds is 11. The van der Waals surface area contributed by atoms with Crippen LogP contribution in [0.25, 0.3) is 0 Å². The van der Waals surface area contributed by atoms with Crippen LogP contribution in [-0.4, -0.2) is 116 Å². The van der Waals surface area contributed by atoms with Gasteiger partial charge in [0.2, 0.25) is 17.8 Å². The summed E-state index contributed by atoms with van der Waals surface area (Å²) in [6.07, 6.45) is -30.2. The van der Waals surface area contributed by atoms with Gasteiger partial charge in [0.15, 0.2) is 0 Å². The number of aliphatic hydroxyl groups is 3. The summed E-state index contributed by atoms with van der Waals surface area (Å²) < 4.78 is 216. The molecular formula is C48H81N15O6. The largest absolute Gasteiger partial charge is 0.393 e. The van der Waals surface area contributed by atoms with Crippen LogP contribution in [0.1, 0.15) is 208 Å². The summed E-state index contributed by atoms with van der Waals surface area (Å²) >= 11 is 0. The third-order valence-electron chi connectivity index (χ3n) is 8.69. The molecule has 3 amide bonds. The maximum atomic E-state index is 11.9. The Bertz CT molecular complexity index is 3430. The van der Waals surface area contributed by atoms with Crippen LogP contribution < -0.4 is 49.3 Å². The molecule has 3 saturated carbocycles. The van der Waals surface area contributed by atoms with Crippen molar-refractivity contribution < 1.29 is 66.7 Å². The summed E-state index contributed by atoms with van der Waals surface area (Å²) in [5, 5.41) is 45.1.